The van der Waals surface area contributed by atoms with Crippen molar-refractivity contribution in [3.8, 4) is 11.1 Å². The zero-order chi connectivity index (χ0) is 18.4. The number of amides is 1. The summed E-state index contributed by atoms with van der Waals surface area (Å²) in [5.41, 5.74) is 3.38. The van der Waals surface area contributed by atoms with Crippen LogP contribution in [0.1, 0.15) is 16.5 Å². The third-order valence-electron chi connectivity index (χ3n) is 4.41. The van der Waals surface area contributed by atoms with Crippen molar-refractivity contribution in [3.63, 3.8) is 0 Å². The molecule has 1 atom stereocenters. The minimum absolute atomic E-state index is 0.0564. The number of rotatable bonds is 7. The molecule has 26 heavy (non-hydrogen) atoms. The Kier molecular flexibility index (Phi) is 6.21. The summed E-state index contributed by atoms with van der Waals surface area (Å²) in [6.07, 6.45) is 0.402. The maximum atomic E-state index is 12.3. The third-order valence-corrected chi connectivity index (χ3v) is 5.39. The van der Waals surface area contributed by atoms with E-state index in [0.29, 0.717) is 13.0 Å². The summed E-state index contributed by atoms with van der Waals surface area (Å²) < 4.78 is 0. The van der Waals surface area contributed by atoms with Crippen LogP contribution in [0.2, 0.25) is 0 Å². The molecule has 0 aliphatic heterocycles. The molecule has 4 heteroatoms. The first-order valence-corrected chi connectivity index (χ1v) is 9.62. The molecule has 0 aliphatic carbocycles. The van der Waals surface area contributed by atoms with Crippen molar-refractivity contribution in [2.75, 3.05) is 20.6 Å². The second-order valence-electron chi connectivity index (χ2n) is 6.54. The van der Waals surface area contributed by atoms with Crippen LogP contribution in [0.25, 0.3) is 11.1 Å². The van der Waals surface area contributed by atoms with Crippen LogP contribution in [0.4, 0.5) is 0 Å². The van der Waals surface area contributed by atoms with Gasteiger partial charge in [-0.1, -0.05) is 60.7 Å². The van der Waals surface area contributed by atoms with Crippen LogP contribution in [0.3, 0.4) is 0 Å². The Balaban J connectivity index is 1.56. The van der Waals surface area contributed by atoms with Gasteiger partial charge in [0.25, 0.3) is 0 Å². The number of nitrogens with zero attached hydrogens (tertiary/aromatic N) is 1. The fourth-order valence-electron chi connectivity index (χ4n) is 2.92. The maximum Gasteiger partial charge on any atom is 0.224 e. The van der Waals surface area contributed by atoms with Crippen molar-refractivity contribution in [2.24, 2.45) is 0 Å². The second kappa shape index (κ2) is 8.79. The number of likely N-dealkylation sites (N-methyl/N-ethyl adjacent to an activating group) is 1. The summed E-state index contributed by atoms with van der Waals surface area (Å²) in [5.74, 6) is 0.0564. The van der Waals surface area contributed by atoms with Gasteiger partial charge in [-0.25, -0.2) is 0 Å². The summed E-state index contributed by atoms with van der Waals surface area (Å²) in [6.45, 7) is 0.619. The lowest BCUT2D eigenvalue weighted by molar-refractivity contribution is -0.120. The number of thiophene rings is 1. The van der Waals surface area contributed by atoms with Gasteiger partial charge in [0.1, 0.15) is 0 Å². The molecule has 1 heterocycles. The van der Waals surface area contributed by atoms with Gasteiger partial charge >= 0.3 is 0 Å². The molecule has 0 saturated carbocycles. The van der Waals surface area contributed by atoms with E-state index in [1.165, 1.54) is 16.0 Å². The minimum Gasteiger partial charge on any atom is -0.354 e. The van der Waals surface area contributed by atoms with Gasteiger partial charge in [0.15, 0.2) is 0 Å². The van der Waals surface area contributed by atoms with Gasteiger partial charge in [-0.2, -0.15) is 0 Å². The summed E-state index contributed by atoms with van der Waals surface area (Å²) in [6, 6.07) is 22.8. The predicted octanol–water partition coefficient (Wildman–Crippen LogP) is 4.38. The number of carbonyl (C=O) groups excluding carboxylic acids is 1. The molecule has 1 N–H and O–H groups in total. The van der Waals surface area contributed by atoms with Crippen LogP contribution in [0.5, 0.6) is 0 Å². The largest absolute Gasteiger partial charge is 0.354 e. The minimum atomic E-state index is 0.0564. The van der Waals surface area contributed by atoms with Crippen LogP contribution in [-0.2, 0) is 11.2 Å². The standard InChI is InChI=1S/C22H24N2OS/c1-24(2)20(21-9-6-14-26-21)16-23-22(25)15-17-10-12-19(13-11-17)18-7-4-3-5-8-18/h3-14,20H,15-16H2,1-2H3,(H,23,25)/t20-/m0/s1. The van der Waals surface area contributed by atoms with Crippen LogP contribution < -0.4 is 5.32 Å². The predicted molar refractivity (Wildman–Crippen MR) is 109 cm³/mol. The highest BCUT2D eigenvalue weighted by Crippen LogP contribution is 2.22. The topological polar surface area (TPSA) is 32.3 Å². The average Bonchev–Trinajstić information content (AvgIpc) is 3.17. The van der Waals surface area contributed by atoms with Crippen molar-refractivity contribution in [1.29, 1.82) is 0 Å². The van der Waals surface area contributed by atoms with Crippen molar-refractivity contribution >= 4 is 17.2 Å². The smallest absolute Gasteiger partial charge is 0.224 e. The van der Waals surface area contributed by atoms with Gasteiger partial charge in [-0.3, -0.25) is 4.79 Å². The molecular weight excluding hydrogens is 340 g/mol. The maximum absolute atomic E-state index is 12.3. The first-order valence-electron chi connectivity index (χ1n) is 8.74. The average molecular weight is 365 g/mol. The Morgan fingerprint density at radius 3 is 2.27 bits per heavy atom. The molecule has 0 fully saturated rings. The SMILES string of the molecule is CN(C)[C@@H](CNC(=O)Cc1ccc(-c2ccccc2)cc1)c1cccs1. The molecule has 134 valence electrons. The molecule has 0 radical (unpaired) electrons. The van der Waals surface area contributed by atoms with E-state index in [0.717, 1.165) is 5.56 Å². The van der Waals surface area contributed by atoms with E-state index in [1.54, 1.807) is 11.3 Å². The lowest BCUT2D eigenvalue weighted by Gasteiger charge is -2.23. The highest BCUT2D eigenvalue weighted by molar-refractivity contribution is 7.10. The van der Waals surface area contributed by atoms with E-state index in [1.807, 2.05) is 50.5 Å². The lowest BCUT2D eigenvalue weighted by atomic mass is 10.0. The van der Waals surface area contributed by atoms with E-state index >= 15 is 0 Å². The first-order chi connectivity index (χ1) is 12.6. The van der Waals surface area contributed by atoms with E-state index in [-0.39, 0.29) is 11.9 Å². The zero-order valence-electron chi connectivity index (χ0n) is 15.2. The van der Waals surface area contributed by atoms with E-state index in [4.69, 9.17) is 0 Å². The summed E-state index contributed by atoms with van der Waals surface area (Å²) in [5, 5.41) is 5.14. The first kappa shape index (κ1) is 18.4. The number of hydrogen-bond donors (Lipinski definition) is 1. The van der Waals surface area contributed by atoms with E-state index in [9.17, 15) is 4.79 Å². The molecule has 3 rings (SSSR count). The summed E-state index contributed by atoms with van der Waals surface area (Å²) in [4.78, 5) is 15.7. The Morgan fingerprint density at radius 1 is 0.962 bits per heavy atom. The van der Waals surface area contributed by atoms with Crippen molar-refractivity contribution in [2.45, 2.75) is 12.5 Å². The highest BCUT2D eigenvalue weighted by Gasteiger charge is 2.16. The fraction of sp³-hybridized carbons (Fsp3) is 0.227. The molecule has 0 bridgehead atoms. The quantitative estimate of drug-likeness (QED) is 0.675. The van der Waals surface area contributed by atoms with E-state index < -0.39 is 0 Å². The van der Waals surface area contributed by atoms with Crippen molar-refractivity contribution < 1.29 is 4.79 Å². The normalized spacial score (nSPS) is 12.1. The molecular formula is C22H24N2OS. The fourth-order valence-corrected chi connectivity index (χ4v) is 3.85. The number of benzene rings is 2. The van der Waals surface area contributed by atoms with Gasteiger partial charge in [-0.15, -0.1) is 11.3 Å². The van der Waals surface area contributed by atoms with Crippen molar-refractivity contribution in [1.82, 2.24) is 10.2 Å². The van der Waals surface area contributed by atoms with E-state index in [2.05, 4.69) is 45.9 Å². The van der Waals surface area contributed by atoms with Gasteiger partial charge in [0, 0.05) is 11.4 Å². The van der Waals surface area contributed by atoms with Crippen molar-refractivity contribution in [3.05, 3.63) is 82.6 Å². The molecule has 2 aromatic carbocycles. The summed E-state index contributed by atoms with van der Waals surface area (Å²) in [7, 11) is 4.08. The molecule has 0 saturated heterocycles. The monoisotopic (exact) mass is 364 g/mol. The molecule has 0 aliphatic rings. The van der Waals surface area contributed by atoms with Gasteiger partial charge in [-0.05, 0) is 42.2 Å². The van der Waals surface area contributed by atoms with Gasteiger partial charge in [0.05, 0.1) is 12.5 Å². The Labute approximate surface area is 159 Å². The molecule has 0 spiro atoms. The Hall–Kier alpha value is -2.43. The number of carbonyl (C=O) groups is 1. The zero-order valence-corrected chi connectivity index (χ0v) is 16.0. The van der Waals surface area contributed by atoms with Crippen LogP contribution >= 0.6 is 11.3 Å². The van der Waals surface area contributed by atoms with Crippen LogP contribution in [0.15, 0.2) is 72.1 Å². The summed E-state index contributed by atoms with van der Waals surface area (Å²) >= 11 is 1.72. The van der Waals surface area contributed by atoms with Crippen LogP contribution in [-0.4, -0.2) is 31.4 Å². The Bertz CT molecular complexity index is 811. The Morgan fingerprint density at radius 2 is 1.65 bits per heavy atom. The molecule has 3 nitrogen and oxygen atoms in total. The lowest BCUT2D eigenvalue weighted by Crippen LogP contribution is -2.34. The number of nitrogens with one attached hydrogen (secondary N) is 1. The third kappa shape index (κ3) is 4.81. The van der Waals surface area contributed by atoms with Gasteiger partial charge in [0.2, 0.25) is 5.91 Å². The molecule has 0 unspecified atom stereocenters. The number of hydrogen-bond acceptors (Lipinski definition) is 3. The molecule has 1 amide bonds. The van der Waals surface area contributed by atoms with Gasteiger partial charge < -0.3 is 10.2 Å². The second-order valence-corrected chi connectivity index (χ2v) is 7.52. The molecule has 3 aromatic rings. The van der Waals surface area contributed by atoms with Crippen LogP contribution in [0, 0.1) is 0 Å². The molecule has 1 aromatic heterocycles. The highest BCUT2D eigenvalue weighted by atomic mass is 32.1.